The lowest BCUT2D eigenvalue weighted by Gasteiger charge is -2.17. The van der Waals surface area contributed by atoms with Crippen LogP contribution in [-0.4, -0.2) is 17.1 Å². The summed E-state index contributed by atoms with van der Waals surface area (Å²) in [5, 5.41) is 9.11. The van der Waals surface area contributed by atoms with Crippen LogP contribution in [0.25, 0.3) is 0 Å². The fraction of sp³-hybridized carbons (Fsp3) is 0.214. The molecule has 1 unspecified atom stereocenters. The minimum absolute atomic E-state index is 0.322. The summed E-state index contributed by atoms with van der Waals surface area (Å²) in [6, 6.07) is 7.26. The molecule has 0 fully saturated rings. The first-order valence-corrected chi connectivity index (χ1v) is 5.76. The van der Waals surface area contributed by atoms with Crippen LogP contribution in [0.3, 0.4) is 0 Å². The van der Waals surface area contributed by atoms with E-state index in [0.29, 0.717) is 22.8 Å². The van der Waals surface area contributed by atoms with Crippen molar-refractivity contribution in [3.63, 3.8) is 0 Å². The summed E-state index contributed by atoms with van der Waals surface area (Å²) in [7, 11) is 1.54. The van der Waals surface area contributed by atoms with Crippen molar-refractivity contribution in [2.45, 2.75) is 13.0 Å². The summed E-state index contributed by atoms with van der Waals surface area (Å²) >= 11 is 0. The van der Waals surface area contributed by atoms with Crippen molar-refractivity contribution < 1.29 is 9.47 Å². The van der Waals surface area contributed by atoms with E-state index in [2.05, 4.69) is 16.0 Å². The molecule has 1 aromatic carbocycles. The highest BCUT2D eigenvalue weighted by Gasteiger charge is 2.15. The van der Waals surface area contributed by atoms with Crippen molar-refractivity contribution in [1.29, 1.82) is 5.26 Å². The summed E-state index contributed by atoms with van der Waals surface area (Å²) in [4.78, 5) is 8.17. The van der Waals surface area contributed by atoms with Crippen LogP contribution >= 0.6 is 0 Å². The number of nitrogens with zero attached hydrogens (tertiary/aromatic N) is 3. The maximum absolute atomic E-state index is 9.11. The molecule has 2 rings (SSSR count). The standard InChI is InChI=1S/C14H13N3O2/c1-10(12-9-16-6-7-17-12)19-14-11(8-15)4-3-5-13(14)18-2/h3-7,9-10H,1-2H3. The van der Waals surface area contributed by atoms with Gasteiger partial charge in [0.05, 0.1) is 24.6 Å². The minimum atomic E-state index is -0.322. The average molecular weight is 255 g/mol. The van der Waals surface area contributed by atoms with Gasteiger partial charge in [0.25, 0.3) is 0 Å². The van der Waals surface area contributed by atoms with Crippen molar-refractivity contribution in [2.24, 2.45) is 0 Å². The first-order chi connectivity index (χ1) is 9.26. The SMILES string of the molecule is COc1cccc(C#N)c1OC(C)c1cnccn1. The van der Waals surface area contributed by atoms with Gasteiger partial charge in [-0.05, 0) is 19.1 Å². The van der Waals surface area contributed by atoms with Gasteiger partial charge in [-0.25, -0.2) is 0 Å². The van der Waals surface area contributed by atoms with E-state index >= 15 is 0 Å². The van der Waals surface area contributed by atoms with E-state index < -0.39 is 0 Å². The summed E-state index contributed by atoms with van der Waals surface area (Å²) in [6.07, 6.45) is 4.51. The molecule has 0 aliphatic rings. The second-order valence-electron chi connectivity index (χ2n) is 3.84. The van der Waals surface area contributed by atoms with Crippen molar-refractivity contribution in [3.05, 3.63) is 48.0 Å². The van der Waals surface area contributed by atoms with Gasteiger partial charge in [-0.15, -0.1) is 0 Å². The Morgan fingerprint density at radius 2 is 2.16 bits per heavy atom. The second-order valence-corrected chi connectivity index (χ2v) is 3.84. The van der Waals surface area contributed by atoms with E-state index in [1.807, 2.05) is 6.92 Å². The number of ether oxygens (including phenoxy) is 2. The molecular formula is C14H13N3O2. The number of rotatable bonds is 4. The Morgan fingerprint density at radius 3 is 2.79 bits per heavy atom. The molecule has 0 aliphatic heterocycles. The molecule has 5 heteroatoms. The zero-order chi connectivity index (χ0) is 13.7. The van der Waals surface area contributed by atoms with Gasteiger partial charge in [-0.1, -0.05) is 6.07 Å². The van der Waals surface area contributed by atoms with E-state index in [1.165, 1.54) is 7.11 Å². The highest BCUT2D eigenvalue weighted by Crippen LogP contribution is 2.33. The molecule has 0 N–H and O–H groups in total. The van der Waals surface area contributed by atoms with Gasteiger partial charge >= 0.3 is 0 Å². The van der Waals surface area contributed by atoms with Crippen LogP contribution in [0, 0.1) is 11.3 Å². The van der Waals surface area contributed by atoms with Crippen molar-refractivity contribution >= 4 is 0 Å². The molecule has 1 aromatic heterocycles. The summed E-state index contributed by atoms with van der Waals surface area (Å²) in [6.45, 7) is 1.84. The summed E-state index contributed by atoms with van der Waals surface area (Å²) in [5.74, 6) is 0.945. The number of nitriles is 1. The molecule has 0 radical (unpaired) electrons. The van der Waals surface area contributed by atoms with Crippen molar-refractivity contribution in [2.75, 3.05) is 7.11 Å². The Bertz CT molecular complexity index is 593. The van der Waals surface area contributed by atoms with Gasteiger partial charge in [0.15, 0.2) is 11.5 Å². The number of aromatic nitrogens is 2. The van der Waals surface area contributed by atoms with E-state index in [1.54, 1.807) is 36.8 Å². The second kappa shape index (κ2) is 5.83. The maximum atomic E-state index is 9.11. The van der Waals surface area contributed by atoms with Gasteiger partial charge in [0.1, 0.15) is 12.2 Å². The predicted molar refractivity (Wildman–Crippen MR) is 68.8 cm³/mol. The van der Waals surface area contributed by atoms with Crippen molar-refractivity contribution in [1.82, 2.24) is 9.97 Å². The van der Waals surface area contributed by atoms with Crippen LogP contribution in [0.1, 0.15) is 24.3 Å². The Kier molecular flexibility index (Phi) is 3.94. The molecule has 19 heavy (non-hydrogen) atoms. The molecule has 1 atom stereocenters. The third-order valence-corrected chi connectivity index (χ3v) is 2.61. The Balaban J connectivity index is 2.31. The predicted octanol–water partition coefficient (Wildman–Crippen LogP) is 2.50. The molecule has 0 aliphatic carbocycles. The highest BCUT2D eigenvalue weighted by atomic mass is 16.5. The number of hydrogen-bond donors (Lipinski definition) is 0. The fourth-order valence-corrected chi connectivity index (χ4v) is 1.64. The fourth-order valence-electron chi connectivity index (χ4n) is 1.64. The molecule has 96 valence electrons. The van der Waals surface area contributed by atoms with Crippen LogP contribution in [0.15, 0.2) is 36.8 Å². The van der Waals surface area contributed by atoms with Gasteiger partial charge in [-0.3, -0.25) is 9.97 Å². The molecule has 0 saturated carbocycles. The van der Waals surface area contributed by atoms with Crippen LogP contribution in [0.5, 0.6) is 11.5 Å². The molecule has 0 bridgehead atoms. The van der Waals surface area contributed by atoms with Crippen LogP contribution in [0.4, 0.5) is 0 Å². The van der Waals surface area contributed by atoms with Crippen LogP contribution in [0.2, 0.25) is 0 Å². The smallest absolute Gasteiger partial charge is 0.179 e. The zero-order valence-corrected chi connectivity index (χ0v) is 10.7. The molecule has 5 nitrogen and oxygen atoms in total. The maximum Gasteiger partial charge on any atom is 0.179 e. The van der Waals surface area contributed by atoms with Crippen molar-refractivity contribution in [3.8, 4) is 17.6 Å². The molecule has 0 spiro atoms. The summed E-state index contributed by atoms with van der Waals surface area (Å²) < 4.78 is 11.0. The highest BCUT2D eigenvalue weighted by molar-refractivity contribution is 5.52. The van der Waals surface area contributed by atoms with Gasteiger partial charge in [0.2, 0.25) is 0 Å². The van der Waals surface area contributed by atoms with E-state index in [-0.39, 0.29) is 6.10 Å². The minimum Gasteiger partial charge on any atom is -0.493 e. The van der Waals surface area contributed by atoms with Crippen LogP contribution < -0.4 is 9.47 Å². The van der Waals surface area contributed by atoms with E-state index in [4.69, 9.17) is 14.7 Å². The Labute approximate surface area is 111 Å². The van der Waals surface area contributed by atoms with E-state index in [9.17, 15) is 0 Å². The van der Waals surface area contributed by atoms with Gasteiger partial charge in [-0.2, -0.15) is 5.26 Å². The van der Waals surface area contributed by atoms with Crippen LogP contribution in [-0.2, 0) is 0 Å². The molecule has 2 aromatic rings. The number of para-hydroxylation sites is 1. The van der Waals surface area contributed by atoms with E-state index in [0.717, 1.165) is 0 Å². The van der Waals surface area contributed by atoms with Gasteiger partial charge < -0.3 is 9.47 Å². The Hall–Kier alpha value is -2.61. The largest absolute Gasteiger partial charge is 0.493 e. The number of hydrogen-bond acceptors (Lipinski definition) is 5. The summed E-state index contributed by atoms with van der Waals surface area (Å²) in [5.41, 5.74) is 1.12. The Morgan fingerprint density at radius 1 is 1.32 bits per heavy atom. The first kappa shape index (κ1) is 12.8. The molecule has 0 saturated heterocycles. The first-order valence-electron chi connectivity index (χ1n) is 5.76. The topological polar surface area (TPSA) is 68.0 Å². The monoisotopic (exact) mass is 255 g/mol. The third kappa shape index (κ3) is 2.80. The van der Waals surface area contributed by atoms with Gasteiger partial charge in [0, 0.05) is 12.4 Å². The third-order valence-electron chi connectivity index (χ3n) is 2.61. The quantitative estimate of drug-likeness (QED) is 0.839. The lowest BCUT2D eigenvalue weighted by atomic mass is 10.2. The lowest BCUT2D eigenvalue weighted by molar-refractivity contribution is 0.210. The number of methoxy groups -OCH3 is 1. The number of benzene rings is 1. The zero-order valence-electron chi connectivity index (χ0n) is 10.7. The average Bonchev–Trinajstić information content (AvgIpc) is 2.48. The molecule has 1 heterocycles. The molecular weight excluding hydrogens is 242 g/mol. The lowest BCUT2D eigenvalue weighted by Crippen LogP contribution is -2.07. The normalized spacial score (nSPS) is 11.4. The molecule has 0 amide bonds.